The quantitative estimate of drug-likeness (QED) is 0.463. The minimum atomic E-state index is 0.602. The number of hydrogen-bond acceptors (Lipinski definition) is 5. The normalized spacial score (nSPS) is 11.2. The molecule has 0 atom stereocenters. The topological polar surface area (TPSA) is 43.6 Å². The van der Waals surface area contributed by atoms with E-state index in [2.05, 4.69) is 13.0 Å². The zero-order valence-electron chi connectivity index (χ0n) is 14.1. The lowest BCUT2D eigenvalue weighted by Crippen LogP contribution is -1.96. The van der Waals surface area contributed by atoms with Crippen LogP contribution in [0.1, 0.15) is 20.9 Å². The summed E-state index contributed by atoms with van der Waals surface area (Å²) in [7, 11) is 1.67. The van der Waals surface area contributed by atoms with Gasteiger partial charge in [-0.15, -0.1) is 22.7 Å². The Morgan fingerprint density at radius 2 is 2.08 bits per heavy atom. The fourth-order valence-electron chi connectivity index (χ4n) is 3.10. The molecule has 0 bridgehead atoms. The maximum atomic E-state index is 11.9. The highest BCUT2D eigenvalue weighted by Gasteiger charge is 2.21. The van der Waals surface area contributed by atoms with Gasteiger partial charge in [-0.05, 0) is 49.1 Å². The Balaban J connectivity index is 1.99. The average molecular weight is 368 g/mol. The second kappa shape index (κ2) is 6.13. The lowest BCUT2D eigenvalue weighted by atomic mass is 10.1. The average Bonchev–Trinajstić information content (AvgIpc) is 3.29. The van der Waals surface area contributed by atoms with Gasteiger partial charge in [0.25, 0.3) is 0 Å². The first-order valence-electron chi connectivity index (χ1n) is 7.80. The van der Waals surface area contributed by atoms with Crippen molar-refractivity contribution >= 4 is 33.9 Å². The van der Waals surface area contributed by atoms with Crippen LogP contribution < -0.4 is 4.74 Å². The Morgan fingerprint density at radius 1 is 1.24 bits per heavy atom. The number of nitrogens with zero attached hydrogens (tertiary/aromatic N) is 2. The van der Waals surface area contributed by atoms with Crippen LogP contribution in [-0.2, 0) is 0 Å². The number of ether oxygens (including phenoxy) is 1. The summed E-state index contributed by atoms with van der Waals surface area (Å²) in [5, 5.41) is 2.00. The molecule has 0 unspecified atom stereocenters. The standard InChI is InChI=1S/C19H16N2O2S2/c1-11-9-13(6-7-15(11)23-3)18-12(2)25-19-20-17(14(10-22)21(18)19)16-5-4-8-24-16/h4-10H,1-3H3. The first-order chi connectivity index (χ1) is 12.1. The van der Waals surface area contributed by atoms with Gasteiger partial charge in [-0.2, -0.15) is 0 Å². The third kappa shape index (κ3) is 2.49. The molecule has 3 aromatic heterocycles. The molecule has 6 heteroatoms. The van der Waals surface area contributed by atoms with Gasteiger partial charge in [0.15, 0.2) is 11.2 Å². The number of rotatable bonds is 4. The summed E-state index contributed by atoms with van der Waals surface area (Å²) < 4.78 is 7.34. The molecule has 3 heterocycles. The van der Waals surface area contributed by atoms with E-state index in [4.69, 9.17) is 9.72 Å². The van der Waals surface area contributed by atoms with Crippen molar-refractivity contribution < 1.29 is 9.53 Å². The maximum Gasteiger partial charge on any atom is 0.195 e. The highest BCUT2D eigenvalue weighted by Crippen LogP contribution is 2.37. The highest BCUT2D eigenvalue weighted by molar-refractivity contribution is 7.17. The van der Waals surface area contributed by atoms with Crippen molar-refractivity contribution in [1.29, 1.82) is 0 Å². The molecular weight excluding hydrogens is 352 g/mol. The molecule has 0 amide bonds. The van der Waals surface area contributed by atoms with Crippen molar-refractivity contribution in [3.05, 3.63) is 51.8 Å². The smallest absolute Gasteiger partial charge is 0.195 e. The monoisotopic (exact) mass is 368 g/mol. The number of thiazole rings is 1. The SMILES string of the molecule is COc1ccc(-c2c(C)sc3nc(-c4cccs4)c(C=O)n23)cc1C. The first-order valence-corrected chi connectivity index (χ1v) is 9.49. The number of fused-ring (bicyclic) bond motifs is 1. The van der Waals surface area contributed by atoms with Crippen molar-refractivity contribution in [3.63, 3.8) is 0 Å². The summed E-state index contributed by atoms with van der Waals surface area (Å²) in [6.45, 7) is 4.08. The van der Waals surface area contributed by atoms with E-state index in [1.807, 2.05) is 41.0 Å². The highest BCUT2D eigenvalue weighted by atomic mass is 32.1. The zero-order valence-corrected chi connectivity index (χ0v) is 15.7. The summed E-state index contributed by atoms with van der Waals surface area (Å²) >= 11 is 3.19. The van der Waals surface area contributed by atoms with Gasteiger partial charge in [-0.25, -0.2) is 4.98 Å². The minimum Gasteiger partial charge on any atom is -0.496 e. The van der Waals surface area contributed by atoms with E-state index in [9.17, 15) is 4.79 Å². The van der Waals surface area contributed by atoms with Crippen molar-refractivity contribution in [1.82, 2.24) is 9.38 Å². The molecule has 1 aromatic carbocycles. The largest absolute Gasteiger partial charge is 0.496 e. The number of aldehydes is 1. The molecule has 0 spiro atoms. The number of methoxy groups -OCH3 is 1. The van der Waals surface area contributed by atoms with Gasteiger partial charge in [0.05, 0.1) is 17.7 Å². The first kappa shape index (κ1) is 16.1. The van der Waals surface area contributed by atoms with Gasteiger partial charge in [0.2, 0.25) is 0 Å². The van der Waals surface area contributed by atoms with E-state index in [0.29, 0.717) is 5.69 Å². The molecule has 4 aromatic rings. The van der Waals surface area contributed by atoms with Gasteiger partial charge in [-0.1, -0.05) is 6.07 Å². The Bertz CT molecular complexity index is 1070. The zero-order chi connectivity index (χ0) is 17.6. The number of aromatic nitrogens is 2. The molecule has 25 heavy (non-hydrogen) atoms. The summed E-state index contributed by atoms with van der Waals surface area (Å²) in [5.41, 5.74) is 4.49. The van der Waals surface area contributed by atoms with Crippen molar-refractivity contribution in [2.75, 3.05) is 7.11 Å². The molecule has 0 aliphatic heterocycles. The van der Waals surface area contributed by atoms with Crippen LogP contribution in [0, 0.1) is 13.8 Å². The molecule has 0 aliphatic carbocycles. The van der Waals surface area contributed by atoms with Crippen LogP contribution in [0.15, 0.2) is 35.7 Å². The molecule has 0 aliphatic rings. The van der Waals surface area contributed by atoms with Gasteiger partial charge in [-0.3, -0.25) is 9.20 Å². The summed E-state index contributed by atoms with van der Waals surface area (Å²) in [4.78, 5) is 19.6. The van der Waals surface area contributed by atoms with E-state index in [-0.39, 0.29) is 0 Å². The third-order valence-corrected chi connectivity index (χ3v) is 6.05. The molecule has 0 fully saturated rings. The van der Waals surface area contributed by atoms with Crippen molar-refractivity contribution in [3.8, 4) is 27.6 Å². The molecule has 4 rings (SSSR count). The van der Waals surface area contributed by atoms with Gasteiger partial charge >= 0.3 is 0 Å². The second-order valence-corrected chi connectivity index (χ2v) is 7.88. The lowest BCUT2D eigenvalue weighted by molar-refractivity contribution is 0.111. The predicted octanol–water partition coefficient (Wildman–Crippen LogP) is 5.23. The maximum absolute atomic E-state index is 11.9. The number of carbonyl (C=O) groups excluding carboxylic acids is 1. The Hall–Kier alpha value is -2.44. The van der Waals surface area contributed by atoms with Crippen LogP contribution in [0.2, 0.25) is 0 Å². The lowest BCUT2D eigenvalue weighted by Gasteiger charge is -2.08. The number of thiophene rings is 1. The van der Waals surface area contributed by atoms with E-state index in [1.54, 1.807) is 29.8 Å². The second-order valence-electron chi connectivity index (χ2n) is 5.75. The number of benzene rings is 1. The van der Waals surface area contributed by atoms with Crippen LogP contribution in [0.5, 0.6) is 5.75 Å². The fourth-order valence-corrected chi connectivity index (χ4v) is 4.82. The van der Waals surface area contributed by atoms with Gasteiger partial charge in [0.1, 0.15) is 17.1 Å². The number of hydrogen-bond donors (Lipinski definition) is 0. The van der Waals surface area contributed by atoms with E-state index < -0.39 is 0 Å². The molecule has 0 radical (unpaired) electrons. The fraction of sp³-hybridized carbons (Fsp3) is 0.158. The predicted molar refractivity (Wildman–Crippen MR) is 103 cm³/mol. The van der Waals surface area contributed by atoms with Gasteiger partial charge in [0, 0.05) is 10.4 Å². The molecule has 0 N–H and O–H groups in total. The molecule has 126 valence electrons. The van der Waals surface area contributed by atoms with Crippen LogP contribution in [0.25, 0.3) is 26.8 Å². The minimum absolute atomic E-state index is 0.602. The number of carbonyl (C=O) groups is 1. The van der Waals surface area contributed by atoms with Crippen LogP contribution >= 0.6 is 22.7 Å². The molecule has 0 saturated carbocycles. The third-order valence-electron chi connectivity index (χ3n) is 4.22. The van der Waals surface area contributed by atoms with E-state index in [1.165, 1.54) is 0 Å². The Labute approximate surface area is 153 Å². The van der Waals surface area contributed by atoms with Crippen LogP contribution in [0.4, 0.5) is 0 Å². The summed E-state index contributed by atoms with van der Waals surface area (Å²) in [6, 6.07) is 10.0. The van der Waals surface area contributed by atoms with Gasteiger partial charge < -0.3 is 4.74 Å². The van der Waals surface area contributed by atoms with Crippen LogP contribution in [0.3, 0.4) is 0 Å². The van der Waals surface area contributed by atoms with Crippen molar-refractivity contribution in [2.45, 2.75) is 13.8 Å². The molecule has 0 saturated heterocycles. The summed E-state index contributed by atoms with van der Waals surface area (Å²) in [5.74, 6) is 0.855. The Kier molecular flexibility index (Phi) is 3.94. The van der Waals surface area contributed by atoms with E-state index in [0.717, 1.165) is 49.3 Å². The number of aryl methyl sites for hydroxylation is 2. The Morgan fingerprint density at radius 3 is 2.72 bits per heavy atom. The summed E-state index contributed by atoms with van der Waals surface area (Å²) in [6.07, 6.45) is 0.904. The molecular formula is C19H16N2O2S2. The molecule has 4 nitrogen and oxygen atoms in total. The van der Waals surface area contributed by atoms with E-state index >= 15 is 0 Å². The number of imidazole rings is 1. The van der Waals surface area contributed by atoms with Crippen molar-refractivity contribution in [2.24, 2.45) is 0 Å². The van der Waals surface area contributed by atoms with Crippen LogP contribution in [-0.4, -0.2) is 22.8 Å².